The molecule has 2 fully saturated rings. The molecule has 0 unspecified atom stereocenters. The molecule has 1 aromatic heterocycles. The van der Waals surface area contributed by atoms with Crippen LogP contribution >= 0.6 is 11.3 Å². The van der Waals surface area contributed by atoms with Gasteiger partial charge in [0.2, 0.25) is 5.91 Å². The number of nitrogen functional groups attached to an aromatic ring is 1. The third-order valence-electron chi connectivity index (χ3n) is 4.39. The largest absolute Gasteiger partial charge is 0.375 e. The number of nitrogens with two attached hydrogens (primary N) is 1. The van der Waals surface area contributed by atoms with Gasteiger partial charge >= 0.3 is 0 Å². The standard InChI is InChI=1S/C15H23N3OS/c16-15-17-12(10-20-15)8-14(19)18(13-6-7-13)9-11-4-2-1-3-5-11/h10-11,13H,1-9H2,(H2,16,17). The summed E-state index contributed by atoms with van der Waals surface area (Å²) >= 11 is 1.41. The van der Waals surface area contributed by atoms with E-state index in [1.807, 2.05) is 5.38 Å². The van der Waals surface area contributed by atoms with Crippen molar-refractivity contribution in [1.82, 2.24) is 9.88 Å². The van der Waals surface area contributed by atoms with Crippen molar-refractivity contribution in [3.63, 3.8) is 0 Å². The first-order valence-electron chi connectivity index (χ1n) is 7.71. The Hall–Kier alpha value is -1.10. The van der Waals surface area contributed by atoms with Crippen LogP contribution in [-0.2, 0) is 11.2 Å². The van der Waals surface area contributed by atoms with Crippen LogP contribution < -0.4 is 5.73 Å². The van der Waals surface area contributed by atoms with E-state index in [1.54, 1.807) is 0 Å². The number of rotatable bonds is 5. The van der Waals surface area contributed by atoms with E-state index in [0.717, 1.165) is 12.2 Å². The highest BCUT2D eigenvalue weighted by atomic mass is 32.1. The van der Waals surface area contributed by atoms with E-state index in [1.165, 1.54) is 56.3 Å². The molecule has 2 N–H and O–H groups in total. The summed E-state index contributed by atoms with van der Waals surface area (Å²) in [5.41, 5.74) is 6.46. The number of anilines is 1. The molecule has 0 spiro atoms. The normalized spacial score (nSPS) is 20.0. The van der Waals surface area contributed by atoms with Crippen LogP contribution in [0.2, 0.25) is 0 Å². The number of hydrogen-bond acceptors (Lipinski definition) is 4. The zero-order valence-corrected chi connectivity index (χ0v) is 12.7. The summed E-state index contributed by atoms with van der Waals surface area (Å²) in [5.74, 6) is 0.956. The molecule has 1 aromatic rings. The molecule has 4 nitrogen and oxygen atoms in total. The smallest absolute Gasteiger partial charge is 0.228 e. The lowest BCUT2D eigenvalue weighted by Crippen LogP contribution is -2.38. The van der Waals surface area contributed by atoms with E-state index >= 15 is 0 Å². The van der Waals surface area contributed by atoms with Gasteiger partial charge in [-0.05, 0) is 31.6 Å². The number of thiazole rings is 1. The van der Waals surface area contributed by atoms with E-state index in [0.29, 0.717) is 23.5 Å². The highest BCUT2D eigenvalue weighted by Gasteiger charge is 2.34. The topological polar surface area (TPSA) is 59.2 Å². The lowest BCUT2D eigenvalue weighted by atomic mass is 9.89. The molecule has 2 aliphatic rings. The van der Waals surface area contributed by atoms with Crippen molar-refractivity contribution in [2.75, 3.05) is 12.3 Å². The van der Waals surface area contributed by atoms with Crippen molar-refractivity contribution < 1.29 is 4.79 Å². The fourth-order valence-corrected chi connectivity index (χ4v) is 3.71. The molecule has 110 valence electrons. The molecule has 0 radical (unpaired) electrons. The molecule has 0 aliphatic heterocycles. The number of hydrogen-bond donors (Lipinski definition) is 1. The summed E-state index contributed by atoms with van der Waals surface area (Å²) in [5, 5.41) is 2.46. The van der Waals surface area contributed by atoms with Crippen LogP contribution in [0.4, 0.5) is 5.13 Å². The Balaban J connectivity index is 1.59. The first-order chi connectivity index (χ1) is 9.72. The van der Waals surface area contributed by atoms with Crippen molar-refractivity contribution in [3.8, 4) is 0 Å². The van der Waals surface area contributed by atoms with E-state index in [2.05, 4.69) is 9.88 Å². The third kappa shape index (κ3) is 3.51. The van der Waals surface area contributed by atoms with Crippen molar-refractivity contribution in [2.24, 2.45) is 5.92 Å². The number of nitrogens with zero attached hydrogens (tertiary/aromatic N) is 2. The highest BCUT2D eigenvalue weighted by molar-refractivity contribution is 7.13. The number of carbonyl (C=O) groups excluding carboxylic acids is 1. The minimum absolute atomic E-state index is 0.239. The van der Waals surface area contributed by atoms with Crippen LogP contribution in [0, 0.1) is 5.92 Å². The molecule has 0 aromatic carbocycles. The van der Waals surface area contributed by atoms with Crippen molar-refractivity contribution in [2.45, 2.75) is 57.4 Å². The van der Waals surface area contributed by atoms with Gasteiger partial charge in [-0.1, -0.05) is 19.3 Å². The first kappa shape index (κ1) is 13.9. The molecule has 0 bridgehead atoms. The summed E-state index contributed by atoms with van der Waals surface area (Å²) in [4.78, 5) is 18.9. The Morgan fingerprint density at radius 1 is 1.30 bits per heavy atom. The van der Waals surface area contributed by atoms with Gasteiger partial charge < -0.3 is 10.6 Å². The van der Waals surface area contributed by atoms with Crippen LogP contribution in [0.5, 0.6) is 0 Å². The van der Waals surface area contributed by atoms with Crippen LogP contribution in [0.15, 0.2) is 5.38 Å². The predicted molar refractivity (Wildman–Crippen MR) is 81.5 cm³/mol. The summed E-state index contributed by atoms with van der Waals surface area (Å²) in [6, 6.07) is 0.500. The maximum atomic E-state index is 12.5. The van der Waals surface area contributed by atoms with Crippen molar-refractivity contribution >= 4 is 22.4 Å². The minimum atomic E-state index is 0.239. The Morgan fingerprint density at radius 3 is 2.65 bits per heavy atom. The Morgan fingerprint density at radius 2 is 2.05 bits per heavy atom. The lowest BCUT2D eigenvalue weighted by Gasteiger charge is -2.30. The first-order valence-corrected chi connectivity index (χ1v) is 8.59. The van der Waals surface area contributed by atoms with Gasteiger partial charge in [0.05, 0.1) is 12.1 Å². The zero-order valence-electron chi connectivity index (χ0n) is 11.9. The second-order valence-corrected chi connectivity index (χ2v) is 7.02. The second-order valence-electron chi connectivity index (χ2n) is 6.14. The van der Waals surface area contributed by atoms with Crippen molar-refractivity contribution in [3.05, 3.63) is 11.1 Å². The lowest BCUT2D eigenvalue weighted by molar-refractivity contribution is -0.131. The quantitative estimate of drug-likeness (QED) is 0.908. The van der Waals surface area contributed by atoms with E-state index in [-0.39, 0.29) is 5.91 Å². The molecular formula is C15H23N3OS. The zero-order chi connectivity index (χ0) is 13.9. The van der Waals surface area contributed by atoms with Crippen LogP contribution in [-0.4, -0.2) is 28.4 Å². The molecule has 20 heavy (non-hydrogen) atoms. The maximum Gasteiger partial charge on any atom is 0.228 e. The molecule has 1 amide bonds. The minimum Gasteiger partial charge on any atom is -0.375 e. The van der Waals surface area contributed by atoms with E-state index in [4.69, 9.17) is 5.73 Å². The second kappa shape index (κ2) is 6.12. The molecule has 2 saturated carbocycles. The summed E-state index contributed by atoms with van der Waals surface area (Å²) in [7, 11) is 0. The van der Waals surface area contributed by atoms with Gasteiger partial charge in [-0.25, -0.2) is 4.98 Å². The maximum absolute atomic E-state index is 12.5. The average molecular weight is 293 g/mol. The molecule has 3 rings (SSSR count). The highest BCUT2D eigenvalue weighted by Crippen LogP contribution is 2.31. The Kier molecular flexibility index (Phi) is 4.24. The van der Waals surface area contributed by atoms with Gasteiger partial charge in [0.15, 0.2) is 5.13 Å². The van der Waals surface area contributed by atoms with Crippen molar-refractivity contribution in [1.29, 1.82) is 0 Å². The average Bonchev–Trinajstić information content (AvgIpc) is 3.21. The Bertz CT molecular complexity index is 463. The SMILES string of the molecule is Nc1nc(CC(=O)N(CC2CCCCC2)C2CC2)cs1. The third-order valence-corrected chi connectivity index (χ3v) is 5.11. The fourth-order valence-electron chi connectivity index (χ4n) is 3.15. The summed E-state index contributed by atoms with van der Waals surface area (Å²) < 4.78 is 0. The van der Waals surface area contributed by atoms with Gasteiger partial charge in [-0.15, -0.1) is 11.3 Å². The van der Waals surface area contributed by atoms with Gasteiger partial charge in [-0.2, -0.15) is 0 Å². The number of amides is 1. The van der Waals surface area contributed by atoms with Gasteiger partial charge in [0.1, 0.15) is 0 Å². The number of aromatic nitrogens is 1. The number of carbonyl (C=O) groups is 1. The van der Waals surface area contributed by atoms with Crippen LogP contribution in [0.3, 0.4) is 0 Å². The Labute approximate surface area is 124 Å². The summed E-state index contributed by atoms with van der Waals surface area (Å²) in [6.45, 7) is 0.961. The van der Waals surface area contributed by atoms with Crippen LogP contribution in [0.1, 0.15) is 50.6 Å². The van der Waals surface area contributed by atoms with Gasteiger partial charge in [0, 0.05) is 18.0 Å². The molecule has 0 atom stereocenters. The van der Waals surface area contributed by atoms with E-state index in [9.17, 15) is 4.79 Å². The molecular weight excluding hydrogens is 270 g/mol. The molecule has 1 heterocycles. The summed E-state index contributed by atoms with van der Waals surface area (Å²) in [6.07, 6.45) is 9.39. The molecule has 0 saturated heterocycles. The molecule has 5 heteroatoms. The van der Waals surface area contributed by atoms with Gasteiger partial charge in [-0.3, -0.25) is 4.79 Å². The monoisotopic (exact) mass is 293 g/mol. The van der Waals surface area contributed by atoms with Gasteiger partial charge in [0.25, 0.3) is 0 Å². The van der Waals surface area contributed by atoms with Crippen LogP contribution in [0.25, 0.3) is 0 Å². The van der Waals surface area contributed by atoms with E-state index < -0.39 is 0 Å². The molecule has 2 aliphatic carbocycles. The predicted octanol–water partition coefficient (Wildman–Crippen LogP) is 2.84. The fraction of sp³-hybridized carbons (Fsp3) is 0.733.